The van der Waals surface area contributed by atoms with Crippen molar-refractivity contribution in [1.29, 1.82) is 0 Å². The SMILES string of the molecule is CCC/C=C\CCCCCCCC(=O)OC(COC(=O)CCCCCCC/C=C\CCCC)COC(=O)CCCCCCCCC. The standard InChI is InChI=1S/C40H72O6/c1-4-7-10-13-16-18-20-22-24-27-30-33-39(42)45-36-37(35-44-38(41)32-29-26-23-15-12-9-6-3)46-40(43)34-31-28-25-21-19-17-14-11-8-5-2/h11,13-14,16,37H,4-10,12,15,17-36H2,1-3H3/b14-11-,16-13-. The minimum Gasteiger partial charge on any atom is -0.462 e. The summed E-state index contributed by atoms with van der Waals surface area (Å²) < 4.78 is 16.5. The van der Waals surface area contributed by atoms with Crippen LogP contribution >= 0.6 is 0 Å². The number of carbonyl (C=O) groups excluding carboxylic acids is 3. The first-order valence-electron chi connectivity index (χ1n) is 19.3. The maximum atomic E-state index is 12.6. The molecule has 0 aromatic carbocycles. The molecule has 6 heteroatoms. The van der Waals surface area contributed by atoms with Crippen LogP contribution in [0, 0.1) is 0 Å². The van der Waals surface area contributed by atoms with Crippen molar-refractivity contribution in [1.82, 2.24) is 0 Å². The van der Waals surface area contributed by atoms with Gasteiger partial charge in [-0.3, -0.25) is 14.4 Å². The lowest BCUT2D eigenvalue weighted by Gasteiger charge is -2.18. The predicted octanol–water partition coefficient (Wildman–Crippen LogP) is 11.7. The van der Waals surface area contributed by atoms with Crippen LogP contribution in [-0.2, 0) is 28.6 Å². The van der Waals surface area contributed by atoms with Crippen molar-refractivity contribution in [2.24, 2.45) is 0 Å². The van der Waals surface area contributed by atoms with Crippen LogP contribution in [0.15, 0.2) is 24.3 Å². The van der Waals surface area contributed by atoms with E-state index in [-0.39, 0.29) is 31.1 Å². The third-order valence-electron chi connectivity index (χ3n) is 8.16. The number of unbranched alkanes of at least 4 members (excludes halogenated alkanes) is 19. The summed E-state index contributed by atoms with van der Waals surface area (Å²) in [5.74, 6) is -0.910. The molecule has 0 aliphatic heterocycles. The molecular formula is C40H72O6. The van der Waals surface area contributed by atoms with E-state index >= 15 is 0 Å². The van der Waals surface area contributed by atoms with Crippen molar-refractivity contribution < 1.29 is 28.6 Å². The Morgan fingerprint density at radius 1 is 0.413 bits per heavy atom. The van der Waals surface area contributed by atoms with E-state index in [0.29, 0.717) is 19.3 Å². The number of esters is 3. The third kappa shape index (κ3) is 33.3. The molecule has 0 saturated heterocycles. The summed E-state index contributed by atoms with van der Waals surface area (Å²) in [4.78, 5) is 37.3. The molecule has 0 aliphatic carbocycles. The van der Waals surface area contributed by atoms with Gasteiger partial charge in [0.15, 0.2) is 6.10 Å². The van der Waals surface area contributed by atoms with Crippen molar-refractivity contribution in [3.05, 3.63) is 24.3 Å². The van der Waals surface area contributed by atoms with Gasteiger partial charge in [0, 0.05) is 19.3 Å². The molecule has 46 heavy (non-hydrogen) atoms. The molecule has 0 radical (unpaired) electrons. The molecule has 0 heterocycles. The second kappa shape index (κ2) is 35.7. The van der Waals surface area contributed by atoms with Gasteiger partial charge in [-0.15, -0.1) is 0 Å². The molecule has 6 nitrogen and oxygen atoms in total. The fourth-order valence-corrected chi connectivity index (χ4v) is 5.19. The monoisotopic (exact) mass is 649 g/mol. The van der Waals surface area contributed by atoms with Crippen molar-refractivity contribution in [2.45, 2.75) is 200 Å². The molecule has 0 aliphatic rings. The first kappa shape index (κ1) is 43.9. The van der Waals surface area contributed by atoms with Crippen molar-refractivity contribution in [3.8, 4) is 0 Å². The fraction of sp³-hybridized carbons (Fsp3) is 0.825. The zero-order valence-electron chi connectivity index (χ0n) is 30.3. The van der Waals surface area contributed by atoms with E-state index < -0.39 is 6.10 Å². The highest BCUT2D eigenvalue weighted by atomic mass is 16.6. The highest BCUT2D eigenvalue weighted by Gasteiger charge is 2.19. The van der Waals surface area contributed by atoms with Gasteiger partial charge in [0.1, 0.15) is 13.2 Å². The summed E-state index contributed by atoms with van der Waals surface area (Å²) in [6.45, 7) is 6.45. The zero-order valence-corrected chi connectivity index (χ0v) is 30.3. The zero-order chi connectivity index (χ0) is 33.8. The lowest BCUT2D eigenvalue weighted by Crippen LogP contribution is -2.30. The van der Waals surface area contributed by atoms with Crippen LogP contribution in [0.3, 0.4) is 0 Å². The van der Waals surface area contributed by atoms with Gasteiger partial charge in [-0.1, -0.05) is 141 Å². The van der Waals surface area contributed by atoms with Gasteiger partial charge < -0.3 is 14.2 Å². The van der Waals surface area contributed by atoms with Gasteiger partial charge in [0.2, 0.25) is 0 Å². The molecule has 0 fully saturated rings. The van der Waals surface area contributed by atoms with Crippen LogP contribution in [0.5, 0.6) is 0 Å². The van der Waals surface area contributed by atoms with Gasteiger partial charge in [-0.2, -0.15) is 0 Å². The Balaban J connectivity index is 4.37. The van der Waals surface area contributed by atoms with Crippen LogP contribution in [-0.4, -0.2) is 37.2 Å². The summed E-state index contributed by atoms with van der Waals surface area (Å²) in [6.07, 6.45) is 36.0. The van der Waals surface area contributed by atoms with Gasteiger partial charge in [0.25, 0.3) is 0 Å². The average Bonchev–Trinajstić information content (AvgIpc) is 3.05. The molecule has 0 N–H and O–H groups in total. The molecule has 0 aromatic rings. The normalized spacial score (nSPS) is 12.2. The number of rotatable bonds is 34. The van der Waals surface area contributed by atoms with E-state index in [9.17, 15) is 14.4 Å². The second-order valence-corrected chi connectivity index (χ2v) is 12.8. The van der Waals surface area contributed by atoms with Crippen LogP contribution in [0.2, 0.25) is 0 Å². The Labute approximate surface area is 283 Å². The van der Waals surface area contributed by atoms with Crippen molar-refractivity contribution in [3.63, 3.8) is 0 Å². The van der Waals surface area contributed by atoms with Crippen LogP contribution in [0.4, 0.5) is 0 Å². The van der Waals surface area contributed by atoms with E-state index in [1.54, 1.807) is 0 Å². The largest absolute Gasteiger partial charge is 0.462 e. The maximum absolute atomic E-state index is 12.6. The molecule has 0 bridgehead atoms. The first-order chi connectivity index (χ1) is 22.5. The smallest absolute Gasteiger partial charge is 0.306 e. The predicted molar refractivity (Wildman–Crippen MR) is 192 cm³/mol. The quantitative estimate of drug-likeness (QED) is 0.0299. The molecule has 1 atom stereocenters. The lowest BCUT2D eigenvalue weighted by atomic mass is 10.1. The van der Waals surface area contributed by atoms with Gasteiger partial charge >= 0.3 is 17.9 Å². The van der Waals surface area contributed by atoms with Crippen LogP contribution < -0.4 is 0 Å². The fourth-order valence-electron chi connectivity index (χ4n) is 5.19. The highest BCUT2D eigenvalue weighted by Crippen LogP contribution is 2.13. The van der Waals surface area contributed by atoms with E-state index in [0.717, 1.165) is 83.5 Å². The summed E-state index contributed by atoms with van der Waals surface area (Å²) in [5, 5.41) is 0. The van der Waals surface area contributed by atoms with Crippen molar-refractivity contribution >= 4 is 17.9 Å². The molecule has 0 amide bonds. The van der Waals surface area contributed by atoms with Gasteiger partial charge in [-0.05, 0) is 57.8 Å². The number of carbonyl (C=O) groups is 3. The Morgan fingerprint density at radius 2 is 0.783 bits per heavy atom. The van der Waals surface area contributed by atoms with E-state index in [1.807, 2.05) is 0 Å². The Bertz CT molecular complexity index is 759. The number of hydrogen-bond donors (Lipinski definition) is 0. The number of hydrogen-bond acceptors (Lipinski definition) is 6. The first-order valence-corrected chi connectivity index (χ1v) is 19.3. The summed E-state index contributed by atoms with van der Waals surface area (Å²) in [6, 6.07) is 0. The molecule has 0 aromatic heterocycles. The topological polar surface area (TPSA) is 78.9 Å². The molecule has 0 rings (SSSR count). The van der Waals surface area contributed by atoms with Crippen LogP contribution in [0.1, 0.15) is 194 Å². The van der Waals surface area contributed by atoms with Gasteiger partial charge in [-0.25, -0.2) is 0 Å². The molecule has 0 spiro atoms. The number of ether oxygens (including phenoxy) is 3. The van der Waals surface area contributed by atoms with E-state index in [2.05, 4.69) is 45.1 Å². The summed E-state index contributed by atoms with van der Waals surface area (Å²) in [5.41, 5.74) is 0. The average molecular weight is 649 g/mol. The summed E-state index contributed by atoms with van der Waals surface area (Å²) in [7, 11) is 0. The Kier molecular flexibility index (Phi) is 34.1. The number of allylic oxidation sites excluding steroid dienone is 4. The maximum Gasteiger partial charge on any atom is 0.306 e. The lowest BCUT2D eigenvalue weighted by molar-refractivity contribution is -0.167. The van der Waals surface area contributed by atoms with Crippen LogP contribution in [0.25, 0.3) is 0 Å². The molecule has 268 valence electrons. The van der Waals surface area contributed by atoms with E-state index in [1.165, 1.54) is 70.6 Å². The summed E-state index contributed by atoms with van der Waals surface area (Å²) >= 11 is 0. The third-order valence-corrected chi connectivity index (χ3v) is 8.16. The molecule has 1 unspecified atom stereocenters. The molecule has 0 saturated carbocycles. The Hall–Kier alpha value is -2.11. The van der Waals surface area contributed by atoms with E-state index in [4.69, 9.17) is 14.2 Å². The second-order valence-electron chi connectivity index (χ2n) is 12.8. The van der Waals surface area contributed by atoms with Crippen molar-refractivity contribution in [2.75, 3.05) is 13.2 Å². The highest BCUT2D eigenvalue weighted by molar-refractivity contribution is 5.71. The minimum atomic E-state index is -0.769. The van der Waals surface area contributed by atoms with Gasteiger partial charge in [0.05, 0.1) is 0 Å². The molecular weight excluding hydrogens is 576 g/mol. The Morgan fingerprint density at radius 3 is 1.24 bits per heavy atom. The minimum absolute atomic E-state index is 0.0766.